The highest BCUT2D eigenvalue weighted by Gasteiger charge is 2.32. The van der Waals surface area contributed by atoms with Crippen LogP contribution in [0, 0.1) is 5.92 Å². The number of ketones is 1. The van der Waals surface area contributed by atoms with Crippen LogP contribution in [0.3, 0.4) is 0 Å². The van der Waals surface area contributed by atoms with Gasteiger partial charge in [-0.2, -0.15) is 0 Å². The van der Waals surface area contributed by atoms with Gasteiger partial charge in [-0.15, -0.1) is 0 Å². The van der Waals surface area contributed by atoms with Gasteiger partial charge >= 0.3 is 0 Å². The molecule has 1 amide bonds. The molecule has 0 spiro atoms. The third-order valence-electron chi connectivity index (χ3n) is 4.18. The molecule has 1 atom stereocenters. The minimum atomic E-state index is -0.372. The molecule has 0 radical (unpaired) electrons. The summed E-state index contributed by atoms with van der Waals surface area (Å²) in [7, 11) is 2.11. The smallest absolute Gasteiger partial charge is 0.234 e. The maximum Gasteiger partial charge on any atom is 0.234 e. The normalized spacial score (nSPS) is 21.8. The Kier molecular flexibility index (Phi) is 5.71. The van der Waals surface area contributed by atoms with Crippen molar-refractivity contribution in [2.24, 2.45) is 5.92 Å². The average molecular weight is 283 g/mol. The zero-order valence-corrected chi connectivity index (χ0v) is 13.7. The highest BCUT2D eigenvalue weighted by Crippen LogP contribution is 2.18. The van der Waals surface area contributed by atoms with Gasteiger partial charge in [0.25, 0.3) is 0 Å². The number of carbonyl (C=O) groups excluding carboxylic acids is 2. The molecule has 5 nitrogen and oxygen atoms in total. The van der Waals surface area contributed by atoms with Crippen LogP contribution in [0.4, 0.5) is 0 Å². The van der Waals surface area contributed by atoms with Gasteiger partial charge < -0.3 is 5.32 Å². The molecular formula is C15H29N3O2. The van der Waals surface area contributed by atoms with Crippen molar-refractivity contribution in [3.05, 3.63) is 0 Å². The molecule has 1 aliphatic heterocycles. The van der Waals surface area contributed by atoms with E-state index in [2.05, 4.69) is 36.0 Å². The minimum absolute atomic E-state index is 0.0204. The Balaban J connectivity index is 2.52. The van der Waals surface area contributed by atoms with Gasteiger partial charge in [0.2, 0.25) is 5.91 Å². The van der Waals surface area contributed by atoms with Gasteiger partial charge in [-0.1, -0.05) is 13.8 Å². The average Bonchev–Trinajstić information content (AvgIpc) is 2.29. The van der Waals surface area contributed by atoms with E-state index in [1.807, 2.05) is 13.8 Å². The zero-order valence-electron chi connectivity index (χ0n) is 13.7. The summed E-state index contributed by atoms with van der Waals surface area (Å²) in [4.78, 5) is 28.1. The molecule has 1 aliphatic rings. The molecule has 1 fully saturated rings. The predicted molar refractivity (Wildman–Crippen MR) is 80.6 cm³/mol. The number of Topliss-reactive ketones (excluding diaryl/α,β-unsaturated/α-hetero) is 1. The number of carbonyl (C=O) groups is 2. The Labute approximate surface area is 122 Å². The summed E-state index contributed by atoms with van der Waals surface area (Å²) in [6.45, 7) is 12.9. The Morgan fingerprint density at radius 1 is 1.25 bits per heavy atom. The Bertz CT molecular complexity index is 366. The molecule has 1 rings (SSSR count). The van der Waals surface area contributed by atoms with E-state index in [0.29, 0.717) is 6.54 Å². The first kappa shape index (κ1) is 17.1. The molecule has 0 aromatic rings. The van der Waals surface area contributed by atoms with Crippen molar-refractivity contribution in [2.75, 3.05) is 33.2 Å². The lowest BCUT2D eigenvalue weighted by atomic mass is 9.99. The topological polar surface area (TPSA) is 52.7 Å². The van der Waals surface area contributed by atoms with Crippen molar-refractivity contribution in [1.82, 2.24) is 15.1 Å². The summed E-state index contributed by atoms with van der Waals surface area (Å²) >= 11 is 0. The molecule has 20 heavy (non-hydrogen) atoms. The molecule has 5 heteroatoms. The second kappa shape index (κ2) is 6.68. The highest BCUT2D eigenvalue weighted by molar-refractivity contribution is 5.88. The number of likely N-dealkylation sites (N-methyl/N-ethyl adjacent to an activating group) is 1. The van der Waals surface area contributed by atoms with Crippen LogP contribution in [0.5, 0.6) is 0 Å². The van der Waals surface area contributed by atoms with Gasteiger partial charge in [-0.25, -0.2) is 0 Å². The van der Waals surface area contributed by atoms with Crippen LogP contribution < -0.4 is 5.32 Å². The summed E-state index contributed by atoms with van der Waals surface area (Å²) in [5, 5.41) is 2.86. The van der Waals surface area contributed by atoms with E-state index >= 15 is 0 Å². The molecular weight excluding hydrogens is 254 g/mol. The number of rotatable bonds is 5. The number of nitrogens with one attached hydrogen (secondary N) is 1. The van der Waals surface area contributed by atoms with Crippen LogP contribution in [0.15, 0.2) is 0 Å². The molecule has 0 aromatic carbocycles. The maximum atomic E-state index is 12.1. The van der Waals surface area contributed by atoms with E-state index in [1.165, 1.54) is 6.92 Å². The van der Waals surface area contributed by atoms with E-state index in [1.54, 1.807) is 0 Å². The predicted octanol–water partition coefficient (Wildman–Crippen LogP) is 0.742. The van der Waals surface area contributed by atoms with Gasteiger partial charge in [-0.3, -0.25) is 19.4 Å². The number of piperazine rings is 1. The maximum absolute atomic E-state index is 12.1. The van der Waals surface area contributed by atoms with Crippen LogP contribution >= 0.6 is 0 Å². The van der Waals surface area contributed by atoms with E-state index in [0.717, 1.165) is 19.6 Å². The second-order valence-corrected chi connectivity index (χ2v) is 6.84. The Morgan fingerprint density at radius 2 is 1.85 bits per heavy atom. The lowest BCUT2D eigenvalue weighted by Crippen LogP contribution is -2.59. The van der Waals surface area contributed by atoms with Crippen molar-refractivity contribution < 1.29 is 9.59 Å². The van der Waals surface area contributed by atoms with Gasteiger partial charge in [0.15, 0.2) is 5.78 Å². The molecule has 1 unspecified atom stereocenters. The minimum Gasteiger partial charge on any atom is -0.345 e. The number of hydrogen-bond acceptors (Lipinski definition) is 4. The van der Waals surface area contributed by atoms with Crippen molar-refractivity contribution in [2.45, 2.75) is 46.2 Å². The van der Waals surface area contributed by atoms with Crippen molar-refractivity contribution in [3.63, 3.8) is 0 Å². The second-order valence-electron chi connectivity index (χ2n) is 6.84. The molecule has 0 aromatic heterocycles. The van der Waals surface area contributed by atoms with Crippen LogP contribution in [0.1, 0.15) is 34.6 Å². The zero-order chi connectivity index (χ0) is 15.5. The lowest BCUT2D eigenvalue weighted by molar-refractivity contribution is -0.129. The van der Waals surface area contributed by atoms with Crippen LogP contribution in [0.25, 0.3) is 0 Å². The molecule has 116 valence electrons. The van der Waals surface area contributed by atoms with E-state index in [-0.39, 0.29) is 29.2 Å². The summed E-state index contributed by atoms with van der Waals surface area (Å²) in [5.41, 5.74) is 0.0799. The highest BCUT2D eigenvalue weighted by atomic mass is 16.2. The third kappa shape index (κ3) is 4.56. The SMILES string of the molecule is CC(=O)C(NC(=O)CN1CCN(C)C(C)(C)C1)C(C)C. The summed E-state index contributed by atoms with van der Waals surface area (Å²) < 4.78 is 0. The van der Waals surface area contributed by atoms with E-state index in [9.17, 15) is 9.59 Å². The number of amides is 1. The monoisotopic (exact) mass is 283 g/mol. The fourth-order valence-corrected chi connectivity index (χ4v) is 2.64. The largest absolute Gasteiger partial charge is 0.345 e. The van der Waals surface area contributed by atoms with Crippen molar-refractivity contribution in [3.8, 4) is 0 Å². The van der Waals surface area contributed by atoms with Gasteiger partial charge in [0, 0.05) is 25.2 Å². The number of nitrogens with zero attached hydrogens (tertiary/aromatic N) is 2. The summed E-state index contributed by atoms with van der Waals surface area (Å²) in [6.07, 6.45) is 0. The number of hydrogen-bond donors (Lipinski definition) is 1. The van der Waals surface area contributed by atoms with Crippen molar-refractivity contribution >= 4 is 11.7 Å². The Hall–Kier alpha value is -0.940. The summed E-state index contributed by atoms with van der Waals surface area (Å²) in [5.74, 6) is 0.0895. The first-order valence-corrected chi connectivity index (χ1v) is 7.37. The fraction of sp³-hybridized carbons (Fsp3) is 0.867. The molecule has 0 aliphatic carbocycles. The summed E-state index contributed by atoms with van der Waals surface area (Å²) in [6, 6.07) is -0.372. The van der Waals surface area contributed by atoms with Crippen LogP contribution in [-0.4, -0.2) is 66.3 Å². The molecule has 0 bridgehead atoms. The molecule has 1 heterocycles. The molecule has 1 N–H and O–H groups in total. The van der Waals surface area contributed by atoms with E-state index < -0.39 is 0 Å². The van der Waals surface area contributed by atoms with Crippen molar-refractivity contribution in [1.29, 1.82) is 0 Å². The molecule has 1 saturated heterocycles. The molecule has 0 saturated carbocycles. The van der Waals surface area contributed by atoms with Crippen LogP contribution in [-0.2, 0) is 9.59 Å². The fourth-order valence-electron chi connectivity index (χ4n) is 2.64. The quantitative estimate of drug-likeness (QED) is 0.809. The standard InChI is InChI=1S/C15H29N3O2/c1-11(2)14(12(3)19)16-13(20)9-18-8-7-17(6)15(4,5)10-18/h11,14H,7-10H2,1-6H3,(H,16,20). The lowest BCUT2D eigenvalue weighted by Gasteiger charge is -2.45. The van der Waals surface area contributed by atoms with Gasteiger partial charge in [0.05, 0.1) is 12.6 Å². The first-order valence-electron chi connectivity index (χ1n) is 7.37. The van der Waals surface area contributed by atoms with Gasteiger partial charge in [-0.05, 0) is 33.7 Å². The first-order chi connectivity index (χ1) is 9.13. The third-order valence-corrected chi connectivity index (χ3v) is 4.18. The van der Waals surface area contributed by atoms with E-state index in [4.69, 9.17) is 0 Å². The van der Waals surface area contributed by atoms with Gasteiger partial charge in [0.1, 0.15) is 0 Å². The van der Waals surface area contributed by atoms with Crippen LogP contribution in [0.2, 0.25) is 0 Å². The Morgan fingerprint density at radius 3 is 2.30 bits per heavy atom.